The minimum atomic E-state index is -1.39. The second-order valence-electron chi connectivity index (χ2n) is 2.93. The van der Waals surface area contributed by atoms with Crippen LogP contribution in [0.4, 0.5) is 0 Å². The molecule has 4 nitrogen and oxygen atoms in total. The van der Waals surface area contributed by atoms with Gasteiger partial charge in [0.25, 0.3) is 0 Å². The molecule has 1 aromatic rings. The third kappa shape index (κ3) is 4.47. The van der Waals surface area contributed by atoms with Crippen molar-refractivity contribution in [2.45, 2.75) is 12.8 Å². The third-order valence-corrected chi connectivity index (χ3v) is 1.41. The van der Waals surface area contributed by atoms with E-state index < -0.39 is 5.85 Å². The second-order valence-corrected chi connectivity index (χ2v) is 2.93. The van der Waals surface area contributed by atoms with Crippen molar-refractivity contribution in [1.29, 1.82) is 0 Å². The fourth-order valence-corrected chi connectivity index (χ4v) is 0.782. The van der Waals surface area contributed by atoms with Crippen LogP contribution in [0.2, 0.25) is 0 Å². The molecule has 0 aliphatic carbocycles. The number of para-hydroxylation sites is 1. The van der Waals surface area contributed by atoms with Crippen LogP contribution in [0.3, 0.4) is 0 Å². The van der Waals surface area contributed by atoms with Crippen LogP contribution in [0.25, 0.3) is 0 Å². The molecule has 1 unspecified atom stereocenters. The minimum Gasteiger partial charge on any atom is -0.478 e. The molecular weight excluding hydrogens is 168 g/mol. The maximum atomic E-state index is 9.08. The molecule has 0 bridgehead atoms. The van der Waals surface area contributed by atoms with Crippen LogP contribution in [0, 0.1) is 0 Å². The van der Waals surface area contributed by atoms with Crippen molar-refractivity contribution in [3.05, 3.63) is 30.3 Å². The van der Waals surface area contributed by atoms with E-state index in [-0.39, 0.29) is 6.73 Å². The van der Waals surface area contributed by atoms with Crippen molar-refractivity contribution in [2.24, 2.45) is 5.73 Å². The van der Waals surface area contributed by atoms with E-state index in [0.29, 0.717) is 0 Å². The molecular formula is C9H14N2O2. The Balaban J connectivity index is 2.29. The molecule has 0 saturated carbocycles. The highest BCUT2D eigenvalue weighted by Gasteiger charge is 2.10. The molecule has 4 N–H and O–H groups in total. The molecule has 1 aromatic carbocycles. The van der Waals surface area contributed by atoms with Gasteiger partial charge >= 0.3 is 0 Å². The Bertz CT molecular complexity index is 244. The number of nitrogens with two attached hydrogens (primary N) is 1. The third-order valence-electron chi connectivity index (χ3n) is 1.41. The van der Waals surface area contributed by atoms with Gasteiger partial charge in [0, 0.05) is 0 Å². The second kappa shape index (κ2) is 4.23. The van der Waals surface area contributed by atoms with Gasteiger partial charge in [-0.05, 0) is 19.1 Å². The average Bonchev–Trinajstić information content (AvgIpc) is 2.04. The van der Waals surface area contributed by atoms with Crippen molar-refractivity contribution < 1.29 is 9.84 Å². The standard InChI is InChI=1S/C9H14N2O2/c1-9(10,12)11-7-13-8-5-3-2-4-6-8/h2-6,11-12H,7,10H2,1H3. The Kier molecular flexibility index (Phi) is 3.25. The smallest absolute Gasteiger partial charge is 0.168 e. The Hall–Kier alpha value is -1.10. The highest BCUT2D eigenvalue weighted by Crippen LogP contribution is 2.07. The average molecular weight is 182 g/mol. The lowest BCUT2D eigenvalue weighted by Crippen LogP contribution is -2.51. The normalized spacial score (nSPS) is 15.0. The molecule has 0 fully saturated rings. The van der Waals surface area contributed by atoms with Crippen LogP contribution >= 0.6 is 0 Å². The van der Waals surface area contributed by atoms with Crippen molar-refractivity contribution in [1.82, 2.24) is 5.32 Å². The molecule has 13 heavy (non-hydrogen) atoms. The lowest BCUT2D eigenvalue weighted by atomic mass is 10.3. The largest absolute Gasteiger partial charge is 0.478 e. The molecule has 0 aromatic heterocycles. The highest BCUT2D eigenvalue weighted by molar-refractivity contribution is 5.20. The number of benzene rings is 1. The van der Waals surface area contributed by atoms with Crippen molar-refractivity contribution in [2.75, 3.05) is 6.73 Å². The van der Waals surface area contributed by atoms with Crippen LogP contribution in [-0.4, -0.2) is 17.7 Å². The molecule has 0 spiro atoms. The van der Waals surface area contributed by atoms with E-state index in [0.717, 1.165) is 5.75 Å². The highest BCUT2D eigenvalue weighted by atomic mass is 16.5. The van der Waals surface area contributed by atoms with Gasteiger partial charge in [-0.3, -0.25) is 5.73 Å². The quantitative estimate of drug-likeness (QED) is 0.583. The maximum Gasteiger partial charge on any atom is 0.168 e. The predicted molar refractivity (Wildman–Crippen MR) is 49.9 cm³/mol. The van der Waals surface area contributed by atoms with Crippen LogP contribution in [-0.2, 0) is 0 Å². The fourth-order valence-electron chi connectivity index (χ4n) is 0.782. The summed E-state index contributed by atoms with van der Waals surface area (Å²) in [6, 6.07) is 9.30. The Morgan fingerprint density at radius 2 is 2.08 bits per heavy atom. The number of hydrogen-bond acceptors (Lipinski definition) is 4. The number of hydrogen-bond donors (Lipinski definition) is 3. The summed E-state index contributed by atoms with van der Waals surface area (Å²) in [6.45, 7) is 1.62. The Labute approximate surface area is 77.3 Å². The van der Waals surface area contributed by atoms with Crippen molar-refractivity contribution in [3.8, 4) is 5.75 Å². The van der Waals surface area contributed by atoms with E-state index in [1.54, 1.807) is 0 Å². The van der Waals surface area contributed by atoms with Gasteiger partial charge in [-0.15, -0.1) is 0 Å². The first-order chi connectivity index (χ1) is 6.08. The molecule has 0 aliphatic heterocycles. The first-order valence-electron chi connectivity index (χ1n) is 4.02. The molecule has 0 heterocycles. The Morgan fingerprint density at radius 1 is 1.46 bits per heavy atom. The van der Waals surface area contributed by atoms with Crippen molar-refractivity contribution in [3.63, 3.8) is 0 Å². The number of rotatable bonds is 4. The molecule has 0 saturated heterocycles. The van der Waals surface area contributed by atoms with E-state index in [2.05, 4.69) is 5.32 Å². The molecule has 1 atom stereocenters. The van der Waals surface area contributed by atoms with Gasteiger partial charge in [0.05, 0.1) is 0 Å². The summed E-state index contributed by atoms with van der Waals surface area (Å²) in [7, 11) is 0. The van der Waals surface area contributed by atoms with Crippen LogP contribution in [0.5, 0.6) is 5.75 Å². The lowest BCUT2D eigenvalue weighted by Gasteiger charge is -2.19. The zero-order valence-corrected chi connectivity index (χ0v) is 7.53. The Morgan fingerprint density at radius 3 is 2.62 bits per heavy atom. The number of nitrogens with one attached hydrogen (secondary N) is 1. The van der Waals surface area contributed by atoms with Gasteiger partial charge < -0.3 is 9.84 Å². The van der Waals surface area contributed by atoms with E-state index in [9.17, 15) is 0 Å². The summed E-state index contributed by atoms with van der Waals surface area (Å²) < 4.78 is 5.23. The maximum absolute atomic E-state index is 9.08. The summed E-state index contributed by atoms with van der Waals surface area (Å²) >= 11 is 0. The number of ether oxygens (including phenoxy) is 1. The van der Waals surface area contributed by atoms with Gasteiger partial charge in [-0.2, -0.15) is 0 Å². The summed E-state index contributed by atoms with van der Waals surface area (Å²) in [5.41, 5.74) is 5.26. The van der Waals surface area contributed by atoms with E-state index >= 15 is 0 Å². The van der Waals surface area contributed by atoms with Gasteiger partial charge in [-0.1, -0.05) is 18.2 Å². The molecule has 0 radical (unpaired) electrons. The van der Waals surface area contributed by atoms with Gasteiger partial charge in [0.2, 0.25) is 0 Å². The van der Waals surface area contributed by atoms with E-state index in [1.807, 2.05) is 30.3 Å². The lowest BCUT2D eigenvalue weighted by molar-refractivity contribution is 0.0109. The number of aliphatic hydroxyl groups is 1. The van der Waals surface area contributed by atoms with Crippen LogP contribution < -0.4 is 15.8 Å². The zero-order valence-electron chi connectivity index (χ0n) is 7.53. The molecule has 0 aliphatic rings. The van der Waals surface area contributed by atoms with E-state index in [4.69, 9.17) is 15.6 Å². The van der Waals surface area contributed by atoms with Crippen LogP contribution in [0.15, 0.2) is 30.3 Å². The first-order valence-corrected chi connectivity index (χ1v) is 4.02. The van der Waals surface area contributed by atoms with Gasteiger partial charge in [-0.25, -0.2) is 5.32 Å². The topological polar surface area (TPSA) is 67.5 Å². The fraction of sp³-hybridized carbons (Fsp3) is 0.333. The molecule has 0 amide bonds. The van der Waals surface area contributed by atoms with Crippen molar-refractivity contribution >= 4 is 0 Å². The SMILES string of the molecule is CC(N)(O)NCOc1ccccc1. The first kappa shape index (κ1) is 9.98. The minimum absolute atomic E-state index is 0.174. The molecule has 1 rings (SSSR count). The summed E-state index contributed by atoms with van der Waals surface area (Å²) in [4.78, 5) is 0. The summed E-state index contributed by atoms with van der Waals surface area (Å²) in [5, 5.41) is 11.7. The molecule has 72 valence electrons. The zero-order chi connectivity index (χ0) is 9.73. The predicted octanol–water partition coefficient (Wildman–Crippen LogP) is 0.237. The summed E-state index contributed by atoms with van der Waals surface area (Å²) in [5.74, 6) is -0.659. The van der Waals surface area contributed by atoms with E-state index in [1.165, 1.54) is 6.92 Å². The molecule has 4 heteroatoms. The van der Waals surface area contributed by atoms with Crippen LogP contribution in [0.1, 0.15) is 6.92 Å². The monoisotopic (exact) mass is 182 g/mol. The van der Waals surface area contributed by atoms with Gasteiger partial charge in [0.15, 0.2) is 5.85 Å². The van der Waals surface area contributed by atoms with Gasteiger partial charge in [0.1, 0.15) is 12.5 Å². The summed E-state index contributed by atoms with van der Waals surface area (Å²) in [6.07, 6.45) is 0.